The van der Waals surface area contributed by atoms with Gasteiger partial charge in [0.25, 0.3) is 0 Å². The Hall–Kier alpha value is -0.610. The molecule has 4 fully saturated rings. The molecule has 4 aliphatic carbocycles. The molecule has 0 amide bonds. The summed E-state index contributed by atoms with van der Waals surface area (Å²) in [5.74, 6) is 2.36. The molecule has 0 aromatic carbocycles. The van der Waals surface area contributed by atoms with Gasteiger partial charge in [-0.05, 0) is 104 Å². The van der Waals surface area contributed by atoms with Crippen LogP contribution in [0.4, 0.5) is 0 Å². The van der Waals surface area contributed by atoms with Crippen LogP contribution in [0.2, 0.25) is 0 Å². The molecule has 0 heterocycles. The number of aliphatic carboxylic acids is 1. The molecule has 4 nitrogen and oxygen atoms in total. The van der Waals surface area contributed by atoms with Crippen LogP contribution in [0.25, 0.3) is 0 Å². The van der Waals surface area contributed by atoms with Crippen molar-refractivity contribution in [1.29, 1.82) is 0 Å². The van der Waals surface area contributed by atoms with Crippen molar-refractivity contribution in [1.82, 2.24) is 0 Å². The second-order valence-electron chi connectivity index (χ2n) is 11.4. The Bertz CT molecular complexity index is 605. The first-order valence-electron chi connectivity index (χ1n) is 11.7. The first-order chi connectivity index (χ1) is 13.2. The molecule has 10 atom stereocenters. The molecule has 0 aliphatic heterocycles. The maximum absolute atomic E-state index is 11.2. The van der Waals surface area contributed by atoms with Gasteiger partial charge in [0, 0.05) is 6.42 Å². The summed E-state index contributed by atoms with van der Waals surface area (Å²) in [5.41, 5.74) is 0.523. The third-order valence-corrected chi connectivity index (χ3v) is 10.2. The van der Waals surface area contributed by atoms with Crippen LogP contribution in [0, 0.1) is 46.3 Å². The van der Waals surface area contributed by atoms with Crippen molar-refractivity contribution in [2.45, 2.75) is 97.2 Å². The number of carboxylic acids is 1. The van der Waals surface area contributed by atoms with E-state index in [1.165, 1.54) is 25.7 Å². The lowest BCUT2D eigenvalue weighted by molar-refractivity contribution is -0.174. The Morgan fingerprint density at radius 1 is 1.00 bits per heavy atom. The number of hydrogen-bond acceptors (Lipinski definition) is 3. The van der Waals surface area contributed by atoms with Gasteiger partial charge in [0.15, 0.2) is 0 Å². The third-order valence-electron chi connectivity index (χ3n) is 10.2. The van der Waals surface area contributed by atoms with Gasteiger partial charge in [-0.25, -0.2) is 0 Å². The van der Waals surface area contributed by atoms with Crippen LogP contribution in [0.3, 0.4) is 0 Å². The van der Waals surface area contributed by atoms with Crippen molar-refractivity contribution >= 4 is 5.97 Å². The summed E-state index contributed by atoms with van der Waals surface area (Å²) in [6.07, 6.45) is 9.19. The van der Waals surface area contributed by atoms with Crippen LogP contribution in [-0.4, -0.2) is 33.5 Å². The van der Waals surface area contributed by atoms with E-state index in [4.69, 9.17) is 5.11 Å². The number of fused-ring (bicyclic) bond motifs is 5. The van der Waals surface area contributed by atoms with E-state index in [0.717, 1.165) is 32.1 Å². The molecule has 0 aromatic heterocycles. The fraction of sp³-hybridized carbons (Fsp3) is 0.958. The van der Waals surface area contributed by atoms with Gasteiger partial charge >= 0.3 is 5.97 Å². The molecule has 4 saturated carbocycles. The molecule has 0 aromatic rings. The van der Waals surface area contributed by atoms with Crippen LogP contribution < -0.4 is 0 Å². The maximum atomic E-state index is 11.2. The van der Waals surface area contributed by atoms with E-state index in [0.29, 0.717) is 35.5 Å². The number of carbonyl (C=O) groups is 1. The fourth-order valence-corrected chi connectivity index (χ4v) is 8.73. The summed E-state index contributed by atoms with van der Waals surface area (Å²) in [6, 6.07) is 0. The van der Waals surface area contributed by atoms with Gasteiger partial charge in [-0.3, -0.25) is 4.79 Å². The van der Waals surface area contributed by atoms with Crippen LogP contribution in [-0.2, 0) is 4.79 Å². The summed E-state index contributed by atoms with van der Waals surface area (Å²) in [5, 5.41) is 30.5. The zero-order valence-electron chi connectivity index (χ0n) is 17.9. The van der Waals surface area contributed by atoms with Gasteiger partial charge in [0.05, 0.1) is 12.2 Å². The number of rotatable bonds is 4. The van der Waals surface area contributed by atoms with Gasteiger partial charge in [-0.2, -0.15) is 0 Å². The normalized spacial score (nSPS) is 51.7. The molecule has 0 bridgehead atoms. The minimum absolute atomic E-state index is 0.179. The Balaban J connectivity index is 1.55. The van der Waals surface area contributed by atoms with Crippen molar-refractivity contribution in [3.63, 3.8) is 0 Å². The second-order valence-corrected chi connectivity index (χ2v) is 11.4. The molecule has 4 rings (SSSR count). The van der Waals surface area contributed by atoms with Crippen LogP contribution >= 0.6 is 0 Å². The Morgan fingerprint density at radius 3 is 2.39 bits per heavy atom. The Morgan fingerprint density at radius 2 is 1.68 bits per heavy atom. The van der Waals surface area contributed by atoms with E-state index in [1.807, 2.05) is 0 Å². The number of carboxylic acid groups (broad SMARTS) is 1. The molecule has 0 spiro atoms. The lowest BCUT2D eigenvalue weighted by atomic mass is 9.43. The van der Waals surface area contributed by atoms with E-state index < -0.39 is 5.97 Å². The standard InChI is InChI=1S/C24H40O4/c1-14(4-7-21(27)28)17-5-6-18-22-19(9-11-24(17,18)3)23(2)10-8-16(25)12-15(23)13-20(22)26/h14-20,22,25-26H,4-13H2,1-3H3,(H,27,28)/t14?,15-,16+,17+,18?,19-,20+,22?,23-,24+/m0/s1. The smallest absolute Gasteiger partial charge is 0.303 e. The first-order valence-corrected chi connectivity index (χ1v) is 11.7. The van der Waals surface area contributed by atoms with Crippen LogP contribution in [0.1, 0.15) is 85.0 Å². The number of aliphatic hydroxyl groups is 2. The van der Waals surface area contributed by atoms with Crippen molar-refractivity contribution in [3.05, 3.63) is 0 Å². The molecular weight excluding hydrogens is 352 g/mol. The summed E-state index contributed by atoms with van der Waals surface area (Å²) in [4.78, 5) is 11.1. The number of aliphatic hydroxyl groups excluding tert-OH is 2. The van der Waals surface area contributed by atoms with E-state index in [9.17, 15) is 15.0 Å². The minimum atomic E-state index is -0.684. The molecule has 4 heteroatoms. The largest absolute Gasteiger partial charge is 0.481 e. The highest BCUT2D eigenvalue weighted by atomic mass is 16.4. The molecule has 0 radical (unpaired) electrons. The third kappa shape index (κ3) is 3.14. The summed E-state index contributed by atoms with van der Waals surface area (Å²) < 4.78 is 0. The Labute approximate surface area is 170 Å². The van der Waals surface area contributed by atoms with Crippen LogP contribution in [0.5, 0.6) is 0 Å². The zero-order chi connectivity index (χ0) is 20.3. The van der Waals surface area contributed by atoms with Gasteiger partial charge in [0.2, 0.25) is 0 Å². The molecule has 0 saturated heterocycles. The molecule has 28 heavy (non-hydrogen) atoms. The highest BCUT2D eigenvalue weighted by Gasteiger charge is 2.62. The van der Waals surface area contributed by atoms with E-state index >= 15 is 0 Å². The second kappa shape index (κ2) is 7.27. The molecule has 3 N–H and O–H groups in total. The highest BCUT2D eigenvalue weighted by Crippen LogP contribution is 2.68. The zero-order valence-corrected chi connectivity index (χ0v) is 17.9. The van der Waals surface area contributed by atoms with Crippen molar-refractivity contribution < 1.29 is 20.1 Å². The van der Waals surface area contributed by atoms with Gasteiger partial charge in [-0.1, -0.05) is 20.8 Å². The van der Waals surface area contributed by atoms with E-state index in [2.05, 4.69) is 20.8 Å². The van der Waals surface area contributed by atoms with Gasteiger partial charge in [-0.15, -0.1) is 0 Å². The van der Waals surface area contributed by atoms with Gasteiger partial charge in [0.1, 0.15) is 0 Å². The maximum Gasteiger partial charge on any atom is 0.303 e. The Kier molecular flexibility index (Phi) is 5.36. The SMILES string of the molecule is CC(CCC(=O)O)[C@H]1CCC2C3[C@H](O)C[C@@H]4C[C@H](O)CC[C@]4(C)[C@H]3CC[C@@]21C. The molecule has 4 aliphatic rings. The summed E-state index contributed by atoms with van der Waals surface area (Å²) in [6.45, 7) is 7.16. The van der Waals surface area contributed by atoms with E-state index in [1.54, 1.807) is 0 Å². The van der Waals surface area contributed by atoms with Gasteiger partial charge < -0.3 is 15.3 Å². The summed E-state index contributed by atoms with van der Waals surface area (Å²) in [7, 11) is 0. The predicted octanol–water partition coefficient (Wildman–Crippen LogP) is 4.48. The predicted molar refractivity (Wildman–Crippen MR) is 109 cm³/mol. The lowest BCUT2D eigenvalue weighted by Gasteiger charge is -2.62. The first kappa shape index (κ1) is 20.7. The van der Waals surface area contributed by atoms with Crippen molar-refractivity contribution in [3.8, 4) is 0 Å². The van der Waals surface area contributed by atoms with Crippen molar-refractivity contribution in [2.24, 2.45) is 46.3 Å². The highest BCUT2D eigenvalue weighted by molar-refractivity contribution is 5.66. The van der Waals surface area contributed by atoms with E-state index in [-0.39, 0.29) is 29.5 Å². The summed E-state index contributed by atoms with van der Waals surface area (Å²) >= 11 is 0. The average molecular weight is 393 g/mol. The molecule has 3 unspecified atom stereocenters. The topological polar surface area (TPSA) is 77.8 Å². The number of hydrogen-bond donors (Lipinski definition) is 3. The fourth-order valence-electron chi connectivity index (χ4n) is 8.73. The minimum Gasteiger partial charge on any atom is -0.481 e. The average Bonchev–Trinajstić information content (AvgIpc) is 2.98. The van der Waals surface area contributed by atoms with Crippen molar-refractivity contribution in [2.75, 3.05) is 0 Å². The molecular formula is C24H40O4. The monoisotopic (exact) mass is 392 g/mol. The quantitative estimate of drug-likeness (QED) is 0.659. The van der Waals surface area contributed by atoms with Crippen LogP contribution in [0.15, 0.2) is 0 Å². The molecule has 160 valence electrons. The lowest BCUT2D eigenvalue weighted by Crippen LogP contribution is -2.58.